The van der Waals surface area contributed by atoms with Crippen LogP contribution in [-0.4, -0.2) is 18.0 Å². The summed E-state index contributed by atoms with van der Waals surface area (Å²) in [5.74, 6) is 1.13. The van der Waals surface area contributed by atoms with Gasteiger partial charge < -0.3 is 20.2 Å². The maximum atomic E-state index is 12.1. The third-order valence-electron chi connectivity index (χ3n) is 3.91. The lowest BCUT2D eigenvalue weighted by molar-refractivity contribution is 0.0946. The number of nitrogens with one attached hydrogen (secondary N) is 1. The van der Waals surface area contributed by atoms with Gasteiger partial charge >= 0.3 is 0 Å². The van der Waals surface area contributed by atoms with Gasteiger partial charge in [0.25, 0.3) is 5.91 Å². The highest BCUT2D eigenvalue weighted by Gasteiger charge is 2.20. The molecule has 0 aliphatic carbocycles. The molecule has 0 aliphatic heterocycles. The van der Waals surface area contributed by atoms with E-state index in [4.69, 9.17) is 14.9 Å². The molecular formula is C17H23N3O3. The Hall–Kier alpha value is -2.34. The number of ether oxygens (including phenoxy) is 1. The summed E-state index contributed by atoms with van der Waals surface area (Å²) in [7, 11) is 1.61. The summed E-state index contributed by atoms with van der Waals surface area (Å²) >= 11 is 0. The average Bonchev–Trinajstić information content (AvgIpc) is 3.08. The Morgan fingerprint density at radius 3 is 2.70 bits per heavy atom. The van der Waals surface area contributed by atoms with Gasteiger partial charge in [-0.05, 0) is 23.6 Å². The van der Waals surface area contributed by atoms with E-state index in [1.807, 2.05) is 31.2 Å². The van der Waals surface area contributed by atoms with Crippen molar-refractivity contribution in [2.45, 2.75) is 32.9 Å². The molecule has 1 amide bonds. The number of aromatic nitrogens is 1. The summed E-state index contributed by atoms with van der Waals surface area (Å²) in [5.41, 5.74) is 7.27. The second-order valence-electron chi connectivity index (χ2n) is 5.51. The molecule has 23 heavy (non-hydrogen) atoms. The molecule has 2 rings (SSSR count). The van der Waals surface area contributed by atoms with Crippen LogP contribution in [0.2, 0.25) is 0 Å². The second-order valence-corrected chi connectivity index (χ2v) is 5.51. The summed E-state index contributed by atoms with van der Waals surface area (Å²) in [5, 5.41) is 2.81. The van der Waals surface area contributed by atoms with E-state index in [2.05, 4.69) is 17.2 Å². The molecule has 0 bridgehead atoms. The largest absolute Gasteiger partial charge is 0.497 e. The van der Waals surface area contributed by atoms with Gasteiger partial charge in [-0.2, -0.15) is 0 Å². The number of nitrogens with two attached hydrogens (primary N) is 1. The number of oxazole rings is 1. The van der Waals surface area contributed by atoms with E-state index in [0.717, 1.165) is 17.7 Å². The van der Waals surface area contributed by atoms with Crippen LogP contribution in [0.15, 0.2) is 34.9 Å². The van der Waals surface area contributed by atoms with Crippen molar-refractivity contribution in [2.24, 2.45) is 11.7 Å². The normalized spacial score (nSPS) is 13.4. The topological polar surface area (TPSA) is 90.4 Å². The monoisotopic (exact) mass is 317 g/mol. The van der Waals surface area contributed by atoms with Crippen LogP contribution < -0.4 is 15.8 Å². The molecule has 1 aromatic heterocycles. The molecule has 1 aromatic carbocycles. The van der Waals surface area contributed by atoms with Crippen LogP contribution in [0.25, 0.3) is 0 Å². The van der Waals surface area contributed by atoms with Crippen LogP contribution in [0, 0.1) is 5.92 Å². The SMILES string of the molecule is CCC(C)C(N)c1nc(C(=O)NCc2ccc(OC)cc2)co1. The molecule has 0 saturated heterocycles. The number of methoxy groups -OCH3 is 1. The van der Waals surface area contributed by atoms with Gasteiger partial charge in [-0.3, -0.25) is 4.79 Å². The van der Waals surface area contributed by atoms with Gasteiger partial charge in [-0.25, -0.2) is 4.98 Å². The van der Waals surface area contributed by atoms with Gasteiger partial charge in [-0.15, -0.1) is 0 Å². The van der Waals surface area contributed by atoms with Crippen molar-refractivity contribution < 1.29 is 13.9 Å². The first kappa shape index (κ1) is 17.0. The first-order valence-corrected chi connectivity index (χ1v) is 7.67. The summed E-state index contributed by atoms with van der Waals surface area (Å²) in [6.45, 7) is 4.48. The van der Waals surface area contributed by atoms with E-state index in [0.29, 0.717) is 12.4 Å². The molecule has 0 saturated carbocycles. The Labute approximate surface area is 136 Å². The molecule has 0 radical (unpaired) electrons. The fourth-order valence-corrected chi connectivity index (χ4v) is 2.06. The van der Waals surface area contributed by atoms with Crippen LogP contribution in [0.4, 0.5) is 0 Å². The van der Waals surface area contributed by atoms with Crippen molar-refractivity contribution in [3.8, 4) is 5.75 Å². The first-order valence-electron chi connectivity index (χ1n) is 7.67. The molecule has 0 aliphatic rings. The van der Waals surface area contributed by atoms with Crippen LogP contribution in [0.3, 0.4) is 0 Å². The van der Waals surface area contributed by atoms with E-state index in [1.165, 1.54) is 6.26 Å². The van der Waals surface area contributed by atoms with E-state index in [-0.39, 0.29) is 23.6 Å². The average molecular weight is 317 g/mol. The van der Waals surface area contributed by atoms with E-state index in [1.54, 1.807) is 7.11 Å². The summed E-state index contributed by atoms with van der Waals surface area (Å²) < 4.78 is 10.4. The highest BCUT2D eigenvalue weighted by atomic mass is 16.5. The number of amides is 1. The van der Waals surface area contributed by atoms with Crippen LogP contribution in [-0.2, 0) is 6.54 Å². The van der Waals surface area contributed by atoms with Gasteiger partial charge in [-0.1, -0.05) is 32.4 Å². The number of carbonyl (C=O) groups excluding carboxylic acids is 1. The van der Waals surface area contributed by atoms with Crippen molar-refractivity contribution in [2.75, 3.05) is 7.11 Å². The zero-order valence-electron chi connectivity index (χ0n) is 13.7. The fraction of sp³-hybridized carbons (Fsp3) is 0.412. The second kappa shape index (κ2) is 7.78. The summed E-state index contributed by atoms with van der Waals surface area (Å²) in [4.78, 5) is 16.3. The number of hydrogen-bond acceptors (Lipinski definition) is 5. The van der Waals surface area contributed by atoms with Crippen LogP contribution >= 0.6 is 0 Å². The van der Waals surface area contributed by atoms with E-state index < -0.39 is 0 Å². The third kappa shape index (κ3) is 4.32. The maximum Gasteiger partial charge on any atom is 0.273 e. The number of rotatable bonds is 7. The lowest BCUT2D eigenvalue weighted by Gasteiger charge is -2.13. The van der Waals surface area contributed by atoms with Gasteiger partial charge in [0.15, 0.2) is 5.69 Å². The molecule has 2 atom stereocenters. The lowest BCUT2D eigenvalue weighted by Crippen LogP contribution is -2.24. The smallest absolute Gasteiger partial charge is 0.273 e. The Morgan fingerprint density at radius 1 is 1.39 bits per heavy atom. The molecule has 124 valence electrons. The minimum atomic E-state index is -0.303. The van der Waals surface area contributed by atoms with Crippen LogP contribution in [0.5, 0.6) is 5.75 Å². The number of nitrogens with zero attached hydrogens (tertiary/aromatic N) is 1. The zero-order chi connectivity index (χ0) is 16.8. The third-order valence-corrected chi connectivity index (χ3v) is 3.91. The number of hydrogen-bond donors (Lipinski definition) is 2. The highest BCUT2D eigenvalue weighted by Crippen LogP contribution is 2.21. The van der Waals surface area contributed by atoms with Crippen LogP contribution in [0.1, 0.15) is 48.3 Å². The minimum absolute atomic E-state index is 0.240. The van der Waals surface area contributed by atoms with Crippen molar-refractivity contribution >= 4 is 5.91 Å². The Morgan fingerprint density at radius 2 is 2.09 bits per heavy atom. The predicted octanol–water partition coefficient (Wildman–Crippen LogP) is 2.66. The molecular weight excluding hydrogens is 294 g/mol. The predicted molar refractivity (Wildman–Crippen MR) is 87.1 cm³/mol. The Kier molecular flexibility index (Phi) is 5.76. The molecule has 1 heterocycles. The molecule has 6 heteroatoms. The summed E-state index contributed by atoms with van der Waals surface area (Å²) in [6, 6.07) is 7.18. The molecule has 0 spiro atoms. The van der Waals surface area contributed by atoms with Crippen molar-refractivity contribution in [1.82, 2.24) is 10.3 Å². The fourth-order valence-electron chi connectivity index (χ4n) is 2.06. The lowest BCUT2D eigenvalue weighted by atomic mass is 10.0. The Bertz CT molecular complexity index is 637. The first-order chi connectivity index (χ1) is 11.0. The molecule has 2 aromatic rings. The standard InChI is InChI=1S/C17H23N3O3/c1-4-11(2)15(18)17-20-14(10-23-17)16(21)19-9-12-5-7-13(22-3)8-6-12/h5-8,10-11,15H,4,9,18H2,1-3H3,(H,19,21). The molecule has 0 fully saturated rings. The van der Waals surface area contributed by atoms with Crippen molar-refractivity contribution in [3.05, 3.63) is 47.7 Å². The van der Waals surface area contributed by atoms with Crippen molar-refractivity contribution in [1.29, 1.82) is 0 Å². The minimum Gasteiger partial charge on any atom is -0.497 e. The highest BCUT2D eigenvalue weighted by molar-refractivity contribution is 5.91. The van der Waals surface area contributed by atoms with Crippen molar-refractivity contribution in [3.63, 3.8) is 0 Å². The quantitative estimate of drug-likeness (QED) is 0.819. The molecule has 2 unspecified atom stereocenters. The van der Waals surface area contributed by atoms with Gasteiger partial charge in [0.05, 0.1) is 13.2 Å². The summed E-state index contributed by atoms with van der Waals surface area (Å²) in [6.07, 6.45) is 2.27. The van der Waals surface area contributed by atoms with Gasteiger partial charge in [0.2, 0.25) is 5.89 Å². The number of benzene rings is 1. The van der Waals surface area contributed by atoms with E-state index >= 15 is 0 Å². The maximum absolute atomic E-state index is 12.1. The molecule has 3 N–H and O–H groups in total. The number of carbonyl (C=O) groups is 1. The van der Waals surface area contributed by atoms with Gasteiger partial charge in [0.1, 0.15) is 12.0 Å². The molecule has 6 nitrogen and oxygen atoms in total. The van der Waals surface area contributed by atoms with E-state index in [9.17, 15) is 4.79 Å². The van der Waals surface area contributed by atoms with Gasteiger partial charge in [0, 0.05) is 6.54 Å². The zero-order valence-corrected chi connectivity index (χ0v) is 13.7. The Balaban J connectivity index is 1.94.